The van der Waals surface area contributed by atoms with Crippen LogP contribution >= 0.6 is 11.6 Å². The van der Waals surface area contributed by atoms with Gasteiger partial charge >= 0.3 is 6.18 Å². The van der Waals surface area contributed by atoms with Crippen molar-refractivity contribution in [2.75, 3.05) is 4.90 Å². The first-order valence-corrected chi connectivity index (χ1v) is 7.53. The summed E-state index contributed by atoms with van der Waals surface area (Å²) in [5, 5.41) is 7.87. The van der Waals surface area contributed by atoms with E-state index in [1.165, 1.54) is 18.3 Å². The first-order valence-electron chi connectivity index (χ1n) is 7.15. The molecule has 1 amide bonds. The lowest BCUT2D eigenvalue weighted by molar-refractivity contribution is -0.141. The van der Waals surface area contributed by atoms with Crippen molar-refractivity contribution in [2.24, 2.45) is 10.2 Å². The minimum absolute atomic E-state index is 0.143. The number of pyridine rings is 1. The van der Waals surface area contributed by atoms with Gasteiger partial charge in [-0.1, -0.05) is 29.8 Å². The zero-order valence-corrected chi connectivity index (χ0v) is 13.1. The molecule has 0 bridgehead atoms. The molecule has 0 saturated carbocycles. The molecule has 9 heteroatoms. The Balaban J connectivity index is 1.98. The van der Waals surface area contributed by atoms with Crippen LogP contribution in [0, 0.1) is 0 Å². The van der Waals surface area contributed by atoms with Gasteiger partial charge in [-0.15, -0.1) is 0 Å². The summed E-state index contributed by atoms with van der Waals surface area (Å²) in [5.74, 6) is -0.696. The second-order valence-electron chi connectivity index (χ2n) is 5.42. The monoisotopic (exact) mass is 364 g/mol. The van der Waals surface area contributed by atoms with Gasteiger partial charge in [0.1, 0.15) is 17.6 Å². The Morgan fingerprint density at radius 1 is 1.12 bits per heavy atom. The first kappa shape index (κ1) is 15.8. The van der Waals surface area contributed by atoms with Crippen molar-refractivity contribution in [3.8, 4) is 0 Å². The van der Waals surface area contributed by atoms with Crippen molar-refractivity contribution in [2.45, 2.75) is 12.2 Å². The van der Waals surface area contributed by atoms with E-state index in [1.54, 1.807) is 18.2 Å². The van der Waals surface area contributed by atoms with Crippen LogP contribution in [0.1, 0.15) is 17.3 Å². The normalized spacial score (nSPS) is 18.9. The minimum Gasteiger partial charge on any atom is -0.268 e. The number of nitrogens with zero attached hydrogens (tertiary/aromatic N) is 4. The summed E-state index contributed by atoms with van der Waals surface area (Å²) in [6.07, 6.45) is -3.34. The first-order chi connectivity index (χ1) is 11.9. The van der Waals surface area contributed by atoms with Crippen molar-refractivity contribution >= 4 is 29.0 Å². The molecule has 0 saturated heterocycles. The average molecular weight is 365 g/mol. The largest absolute Gasteiger partial charge is 0.433 e. The third-order valence-corrected chi connectivity index (χ3v) is 4.24. The average Bonchev–Trinajstić information content (AvgIpc) is 3.05. The predicted octanol–water partition coefficient (Wildman–Crippen LogP) is 4.82. The minimum atomic E-state index is -4.64. The molecular formula is C16H8ClF3N4O. The molecule has 3 heterocycles. The van der Waals surface area contributed by atoms with Gasteiger partial charge in [-0.05, 0) is 18.2 Å². The fourth-order valence-corrected chi connectivity index (χ4v) is 3.01. The lowest BCUT2D eigenvalue weighted by atomic mass is 9.94. The Bertz CT molecular complexity index is 955. The van der Waals surface area contributed by atoms with E-state index in [2.05, 4.69) is 15.2 Å². The van der Waals surface area contributed by atoms with Crippen LogP contribution in [-0.2, 0) is 11.0 Å². The highest BCUT2D eigenvalue weighted by Crippen LogP contribution is 2.46. The number of fused-ring (bicyclic) bond motifs is 3. The smallest absolute Gasteiger partial charge is 0.268 e. The van der Waals surface area contributed by atoms with Gasteiger partial charge in [-0.25, -0.2) is 4.98 Å². The SMILES string of the molecule is O=C1C2=CN=NC2c2ccc(C(F)(F)F)nc2N1c1ccccc1Cl. The van der Waals surface area contributed by atoms with E-state index in [1.807, 2.05) is 0 Å². The summed E-state index contributed by atoms with van der Waals surface area (Å²) in [6, 6.07) is 7.75. The van der Waals surface area contributed by atoms with E-state index in [-0.39, 0.29) is 22.1 Å². The predicted molar refractivity (Wildman–Crippen MR) is 83.5 cm³/mol. The van der Waals surface area contributed by atoms with Crippen LogP contribution < -0.4 is 4.90 Å². The summed E-state index contributed by atoms with van der Waals surface area (Å²) in [7, 11) is 0. The van der Waals surface area contributed by atoms with E-state index >= 15 is 0 Å². The number of benzene rings is 1. The van der Waals surface area contributed by atoms with Crippen LogP contribution in [0.4, 0.5) is 24.7 Å². The number of rotatable bonds is 1. The number of para-hydroxylation sites is 1. The fourth-order valence-electron chi connectivity index (χ4n) is 2.79. The van der Waals surface area contributed by atoms with Crippen molar-refractivity contribution in [1.82, 2.24) is 4.98 Å². The van der Waals surface area contributed by atoms with Crippen LogP contribution in [-0.4, -0.2) is 10.9 Å². The van der Waals surface area contributed by atoms with Crippen molar-refractivity contribution < 1.29 is 18.0 Å². The molecule has 2 aromatic rings. The fraction of sp³-hybridized carbons (Fsp3) is 0.125. The standard InChI is InChI=1S/C16H8ClF3N4O/c17-10-3-1-2-4-11(10)24-14-8(5-6-12(22-14)16(18,19)20)13-9(15(24)25)7-21-23-13/h1-7,13H. The zero-order chi connectivity index (χ0) is 17.8. The third kappa shape index (κ3) is 2.41. The van der Waals surface area contributed by atoms with Gasteiger partial charge in [0.15, 0.2) is 0 Å². The van der Waals surface area contributed by atoms with E-state index in [4.69, 9.17) is 11.6 Å². The summed E-state index contributed by atoms with van der Waals surface area (Å²) in [5.41, 5.74) is -0.235. The van der Waals surface area contributed by atoms with Crippen LogP contribution in [0.5, 0.6) is 0 Å². The van der Waals surface area contributed by atoms with Gasteiger partial charge in [0.2, 0.25) is 0 Å². The Morgan fingerprint density at radius 2 is 1.88 bits per heavy atom. The summed E-state index contributed by atoms with van der Waals surface area (Å²) in [4.78, 5) is 17.6. The zero-order valence-electron chi connectivity index (χ0n) is 12.3. The van der Waals surface area contributed by atoms with E-state index < -0.39 is 23.8 Å². The third-order valence-electron chi connectivity index (χ3n) is 3.92. The lowest BCUT2D eigenvalue weighted by Crippen LogP contribution is -2.35. The number of carbonyl (C=O) groups is 1. The van der Waals surface area contributed by atoms with Gasteiger partial charge < -0.3 is 0 Å². The molecule has 1 atom stereocenters. The van der Waals surface area contributed by atoms with Gasteiger partial charge in [-0.3, -0.25) is 9.69 Å². The van der Waals surface area contributed by atoms with Crippen LogP contribution in [0.15, 0.2) is 58.4 Å². The number of halogens is 4. The van der Waals surface area contributed by atoms with E-state index in [0.717, 1.165) is 11.0 Å². The van der Waals surface area contributed by atoms with Gasteiger partial charge in [0.25, 0.3) is 5.91 Å². The Kier molecular flexibility index (Phi) is 3.40. The molecule has 0 aliphatic carbocycles. The topological polar surface area (TPSA) is 57.9 Å². The second kappa shape index (κ2) is 5.38. The Labute approximate surface area is 144 Å². The number of amides is 1. The maximum Gasteiger partial charge on any atom is 0.433 e. The quantitative estimate of drug-likeness (QED) is 0.728. The summed E-state index contributed by atoms with van der Waals surface area (Å²) >= 11 is 6.15. The summed E-state index contributed by atoms with van der Waals surface area (Å²) < 4.78 is 39.3. The van der Waals surface area contributed by atoms with Crippen molar-refractivity contribution in [3.05, 3.63) is 64.5 Å². The Hall–Kier alpha value is -2.74. The molecule has 0 N–H and O–H groups in total. The molecule has 126 valence electrons. The molecule has 1 aromatic heterocycles. The van der Waals surface area contributed by atoms with Gasteiger partial charge in [-0.2, -0.15) is 23.4 Å². The molecule has 1 aromatic carbocycles. The maximum absolute atomic E-state index is 13.1. The highest BCUT2D eigenvalue weighted by molar-refractivity contribution is 6.34. The number of aromatic nitrogens is 1. The molecule has 2 aliphatic rings. The van der Waals surface area contributed by atoms with E-state index in [0.29, 0.717) is 5.56 Å². The van der Waals surface area contributed by atoms with Crippen LogP contribution in [0.3, 0.4) is 0 Å². The van der Waals surface area contributed by atoms with Crippen LogP contribution in [0.2, 0.25) is 5.02 Å². The second-order valence-corrected chi connectivity index (χ2v) is 5.82. The molecule has 2 aliphatic heterocycles. The van der Waals surface area contributed by atoms with Crippen molar-refractivity contribution in [1.29, 1.82) is 0 Å². The van der Waals surface area contributed by atoms with Gasteiger partial charge in [0.05, 0.1) is 22.5 Å². The number of hydrogen-bond donors (Lipinski definition) is 0. The van der Waals surface area contributed by atoms with Crippen molar-refractivity contribution in [3.63, 3.8) is 0 Å². The highest BCUT2D eigenvalue weighted by atomic mass is 35.5. The number of carbonyl (C=O) groups excluding carboxylic acids is 1. The number of azo groups is 1. The number of anilines is 2. The van der Waals surface area contributed by atoms with Crippen LogP contribution in [0.25, 0.3) is 0 Å². The molecular weight excluding hydrogens is 357 g/mol. The number of hydrogen-bond acceptors (Lipinski definition) is 4. The van der Waals surface area contributed by atoms with E-state index in [9.17, 15) is 18.0 Å². The highest BCUT2D eigenvalue weighted by Gasteiger charge is 2.42. The lowest BCUT2D eigenvalue weighted by Gasteiger charge is -2.32. The number of alkyl halides is 3. The molecule has 4 rings (SSSR count). The molecule has 0 fully saturated rings. The summed E-state index contributed by atoms with van der Waals surface area (Å²) in [6.45, 7) is 0. The Morgan fingerprint density at radius 3 is 2.60 bits per heavy atom. The maximum atomic E-state index is 13.1. The van der Waals surface area contributed by atoms with Gasteiger partial charge in [0, 0.05) is 5.56 Å². The molecule has 5 nitrogen and oxygen atoms in total. The molecule has 0 radical (unpaired) electrons. The molecule has 25 heavy (non-hydrogen) atoms. The molecule has 1 unspecified atom stereocenters. The molecule has 0 spiro atoms.